The third kappa shape index (κ3) is 3.91. The van der Waals surface area contributed by atoms with Crippen LogP contribution in [-0.4, -0.2) is 30.0 Å². The predicted molar refractivity (Wildman–Crippen MR) is 116 cm³/mol. The Bertz CT molecular complexity index is 1080. The summed E-state index contributed by atoms with van der Waals surface area (Å²) in [5.74, 6) is 2.50. The Morgan fingerprint density at radius 3 is 2.10 bits per heavy atom. The fraction of sp³-hybridized carbons (Fsp3) is 0.261. The molecule has 7 heteroatoms. The van der Waals surface area contributed by atoms with Crippen LogP contribution in [0.15, 0.2) is 48.5 Å². The number of nitrogens with zero attached hydrogens (tertiary/aromatic N) is 2. The lowest BCUT2D eigenvalue weighted by Crippen LogP contribution is -2.22. The third-order valence-corrected chi connectivity index (χ3v) is 5.05. The third-order valence-electron chi connectivity index (χ3n) is 5.05. The number of carbonyl (C=O) groups excluding carboxylic acids is 1. The first-order valence-corrected chi connectivity index (χ1v) is 9.83. The number of ketones is 1. The van der Waals surface area contributed by atoms with Crippen molar-refractivity contribution in [3.05, 3.63) is 59.8 Å². The molecular formula is C23H24N4O3. The number of aromatic nitrogens is 2. The van der Waals surface area contributed by atoms with Gasteiger partial charge in [0, 0.05) is 6.42 Å². The molecule has 4 rings (SSSR count). The smallest absolute Gasteiger partial charge is 0.229 e. The van der Waals surface area contributed by atoms with E-state index < -0.39 is 0 Å². The Hall–Kier alpha value is -3.61. The van der Waals surface area contributed by atoms with E-state index in [1.54, 1.807) is 14.2 Å². The SMILES string of the molecule is COc1ccccc1Nc1nc2c(c(Nc3ccccc3OC)n1)C(=O)CC(C)C2. The Morgan fingerprint density at radius 1 is 0.867 bits per heavy atom. The summed E-state index contributed by atoms with van der Waals surface area (Å²) in [6.45, 7) is 2.06. The van der Waals surface area contributed by atoms with Crippen molar-refractivity contribution in [2.24, 2.45) is 5.92 Å². The van der Waals surface area contributed by atoms with E-state index in [1.165, 1.54) is 0 Å². The van der Waals surface area contributed by atoms with Gasteiger partial charge in [-0.05, 0) is 36.6 Å². The van der Waals surface area contributed by atoms with Gasteiger partial charge >= 0.3 is 0 Å². The largest absolute Gasteiger partial charge is 0.495 e. The maximum atomic E-state index is 12.8. The van der Waals surface area contributed by atoms with E-state index in [1.807, 2.05) is 48.5 Å². The van der Waals surface area contributed by atoms with E-state index in [9.17, 15) is 4.79 Å². The molecule has 0 fully saturated rings. The number of rotatable bonds is 6. The van der Waals surface area contributed by atoms with Crippen LogP contribution in [0.25, 0.3) is 0 Å². The molecule has 1 atom stereocenters. The second kappa shape index (κ2) is 8.41. The van der Waals surface area contributed by atoms with Crippen LogP contribution in [0.3, 0.4) is 0 Å². The second-order valence-corrected chi connectivity index (χ2v) is 7.30. The molecule has 7 nitrogen and oxygen atoms in total. The minimum atomic E-state index is 0.0463. The first-order chi connectivity index (χ1) is 14.6. The lowest BCUT2D eigenvalue weighted by molar-refractivity contribution is 0.0952. The fourth-order valence-corrected chi connectivity index (χ4v) is 3.66. The van der Waals surface area contributed by atoms with Gasteiger partial charge in [0.25, 0.3) is 0 Å². The monoisotopic (exact) mass is 404 g/mol. The number of hydrogen-bond acceptors (Lipinski definition) is 7. The molecule has 30 heavy (non-hydrogen) atoms. The number of ether oxygens (including phenoxy) is 2. The van der Waals surface area contributed by atoms with Crippen LogP contribution in [0.1, 0.15) is 29.4 Å². The molecule has 0 saturated heterocycles. The van der Waals surface area contributed by atoms with Crippen molar-refractivity contribution in [3.8, 4) is 11.5 Å². The lowest BCUT2D eigenvalue weighted by Gasteiger charge is -2.23. The van der Waals surface area contributed by atoms with Crippen molar-refractivity contribution < 1.29 is 14.3 Å². The number of fused-ring (bicyclic) bond motifs is 1. The maximum absolute atomic E-state index is 12.8. The van der Waals surface area contributed by atoms with Crippen molar-refractivity contribution in [1.29, 1.82) is 0 Å². The minimum absolute atomic E-state index is 0.0463. The quantitative estimate of drug-likeness (QED) is 0.613. The molecule has 1 heterocycles. The average Bonchev–Trinajstić information content (AvgIpc) is 2.74. The molecule has 1 unspecified atom stereocenters. The van der Waals surface area contributed by atoms with Crippen LogP contribution < -0.4 is 20.1 Å². The van der Waals surface area contributed by atoms with Crippen molar-refractivity contribution in [2.75, 3.05) is 24.9 Å². The molecule has 1 aliphatic carbocycles. The molecule has 2 aromatic carbocycles. The molecule has 154 valence electrons. The normalized spacial score (nSPS) is 15.3. The standard InChI is InChI=1S/C23H24N4O3/c1-14-12-17-21(18(28)13-14)22(24-15-8-4-6-10-19(15)29-2)27-23(26-17)25-16-9-5-7-11-20(16)30-3/h4-11,14H,12-13H2,1-3H3,(H2,24,25,26,27). The van der Waals surface area contributed by atoms with Crippen LogP contribution in [0, 0.1) is 5.92 Å². The zero-order valence-electron chi connectivity index (χ0n) is 17.2. The van der Waals surface area contributed by atoms with Crippen LogP contribution in [0.4, 0.5) is 23.1 Å². The fourth-order valence-electron chi connectivity index (χ4n) is 3.66. The van der Waals surface area contributed by atoms with Crippen LogP contribution in [0.2, 0.25) is 0 Å². The molecule has 0 spiro atoms. The van der Waals surface area contributed by atoms with Gasteiger partial charge in [0.15, 0.2) is 5.78 Å². The Balaban J connectivity index is 1.78. The number of benzene rings is 2. The molecule has 1 aromatic heterocycles. The van der Waals surface area contributed by atoms with Gasteiger partial charge in [-0.2, -0.15) is 4.98 Å². The van der Waals surface area contributed by atoms with Crippen LogP contribution in [0.5, 0.6) is 11.5 Å². The van der Waals surface area contributed by atoms with E-state index in [-0.39, 0.29) is 11.7 Å². The topological polar surface area (TPSA) is 85.4 Å². The highest BCUT2D eigenvalue weighted by Gasteiger charge is 2.28. The maximum Gasteiger partial charge on any atom is 0.229 e. The molecule has 0 radical (unpaired) electrons. The summed E-state index contributed by atoms with van der Waals surface area (Å²) in [5.41, 5.74) is 2.77. The zero-order chi connectivity index (χ0) is 21.1. The molecule has 0 aliphatic heterocycles. The highest BCUT2D eigenvalue weighted by Crippen LogP contribution is 2.35. The predicted octanol–water partition coefficient (Wildman–Crippen LogP) is 4.75. The van der Waals surface area contributed by atoms with Crippen LogP contribution in [-0.2, 0) is 6.42 Å². The first kappa shape index (κ1) is 19.7. The van der Waals surface area contributed by atoms with E-state index >= 15 is 0 Å². The van der Waals surface area contributed by atoms with Crippen molar-refractivity contribution in [1.82, 2.24) is 9.97 Å². The number of carbonyl (C=O) groups is 1. The molecule has 1 aliphatic rings. The number of nitrogens with one attached hydrogen (secondary N) is 2. The summed E-state index contributed by atoms with van der Waals surface area (Å²) in [4.78, 5) is 22.1. The highest BCUT2D eigenvalue weighted by molar-refractivity contribution is 6.03. The van der Waals surface area contributed by atoms with Crippen LogP contribution >= 0.6 is 0 Å². The number of para-hydroxylation sites is 4. The summed E-state index contributed by atoms with van der Waals surface area (Å²) in [7, 11) is 3.22. The van der Waals surface area contributed by atoms with Crippen molar-refractivity contribution in [3.63, 3.8) is 0 Å². The van der Waals surface area contributed by atoms with E-state index in [0.717, 1.165) is 17.1 Å². The second-order valence-electron chi connectivity index (χ2n) is 7.30. The number of anilines is 4. The minimum Gasteiger partial charge on any atom is -0.495 e. The van der Waals surface area contributed by atoms with Gasteiger partial charge in [-0.25, -0.2) is 4.98 Å². The van der Waals surface area contributed by atoms with Gasteiger partial charge in [0.2, 0.25) is 5.95 Å². The molecule has 2 N–H and O–H groups in total. The van der Waals surface area contributed by atoms with Gasteiger partial charge < -0.3 is 20.1 Å². The van der Waals surface area contributed by atoms with E-state index in [4.69, 9.17) is 9.47 Å². The molecular weight excluding hydrogens is 380 g/mol. The summed E-state index contributed by atoms with van der Waals surface area (Å²) < 4.78 is 10.9. The number of hydrogen-bond donors (Lipinski definition) is 2. The summed E-state index contributed by atoms with van der Waals surface area (Å²) in [6.07, 6.45) is 1.20. The highest BCUT2D eigenvalue weighted by atomic mass is 16.5. The Morgan fingerprint density at radius 2 is 1.47 bits per heavy atom. The molecule has 0 bridgehead atoms. The Labute approximate surface area is 175 Å². The van der Waals surface area contributed by atoms with Crippen molar-refractivity contribution in [2.45, 2.75) is 19.8 Å². The summed E-state index contributed by atoms with van der Waals surface area (Å²) >= 11 is 0. The number of methoxy groups -OCH3 is 2. The number of Topliss-reactive ketones (excluding diaryl/α,β-unsaturated/α-hetero) is 1. The first-order valence-electron chi connectivity index (χ1n) is 9.83. The summed E-state index contributed by atoms with van der Waals surface area (Å²) in [6, 6.07) is 15.1. The van der Waals surface area contributed by atoms with Gasteiger partial charge in [-0.1, -0.05) is 31.2 Å². The van der Waals surface area contributed by atoms with Gasteiger partial charge in [0.1, 0.15) is 17.3 Å². The van der Waals surface area contributed by atoms with E-state index in [2.05, 4.69) is 27.5 Å². The summed E-state index contributed by atoms with van der Waals surface area (Å²) in [5, 5.41) is 6.51. The average molecular weight is 404 g/mol. The van der Waals surface area contributed by atoms with Gasteiger partial charge in [0.05, 0.1) is 36.9 Å². The van der Waals surface area contributed by atoms with Gasteiger partial charge in [-0.3, -0.25) is 4.79 Å². The molecule has 0 amide bonds. The molecule has 3 aromatic rings. The van der Waals surface area contributed by atoms with Gasteiger partial charge in [-0.15, -0.1) is 0 Å². The Kier molecular flexibility index (Phi) is 5.52. The zero-order valence-corrected chi connectivity index (χ0v) is 17.2. The van der Waals surface area contributed by atoms with Crippen molar-refractivity contribution >= 4 is 28.9 Å². The molecule has 0 saturated carbocycles. The van der Waals surface area contributed by atoms with E-state index in [0.29, 0.717) is 41.7 Å². The lowest BCUT2D eigenvalue weighted by atomic mass is 9.87.